The number of ether oxygens (including phenoxy) is 1. The molecule has 1 fully saturated rings. The number of carbonyl (C=O) groups is 2. The highest BCUT2D eigenvalue weighted by molar-refractivity contribution is 9.10. The fourth-order valence-corrected chi connectivity index (χ4v) is 4.77. The van der Waals surface area contributed by atoms with E-state index in [1.54, 1.807) is 11.8 Å². The molecule has 6 heteroatoms. The molecule has 0 bridgehead atoms. The van der Waals surface area contributed by atoms with Gasteiger partial charge in [0.1, 0.15) is 11.8 Å². The van der Waals surface area contributed by atoms with Gasteiger partial charge in [-0.25, -0.2) is 0 Å². The van der Waals surface area contributed by atoms with Crippen LogP contribution in [0.25, 0.3) is 0 Å². The van der Waals surface area contributed by atoms with Crippen LogP contribution in [-0.4, -0.2) is 35.4 Å². The fourth-order valence-electron chi connectivity index (χ4n) is 4.26. The number of amides is 2. The lowest BCUT2D eigenvalue weighted by molar-refractivity contribution is -0.142. The van der Waals surface area contributed by atoms with E-state index in [1.165, 1.54) is 12.0 Å². The van der Waals surface area contributed by atoms with Gasteiger partial charge in [-0.3, -0.25) is 9.59 Å². The molecule has 0 spiro atoms. The van der Waals surface area contributed by atoms with Crippen molar-refractivity contribution in [1.82, 2.24) is 10.2 Å². The lowest BCUT2D eigenvalue weighted by Crippen LogP contribution is -2.51. The number of benzene rings is 2. The van der Waals surface area contributed by atoms with Crippen LogP contribution in [0.2, 0.25) is 0 Å². The minimum atomic E-state index is -0.592. The molecule has 1 saturated carbocycles. The monoisotopic (exact) mass is 528 g/mol. The Kier molecular flexibility index (Phi) is 9.57. The topological polar surface area (TPSA) is 58.6 Å². The molecule has 0 unspecified atom stereocenters. The molecule has 0 saturated heterocycles. The third kappa shape index (κ3) is 7.33. The highest BCUT2D eigenvalue weighted by Gasteiger charge is 2.28. The molecule has 34 heavy (non-hydrogen) atoms. The molecule has 3 rings (SSSR count). The van der Waals surface area contributed by atoms with Crippen LogP contribution in [0.15, 0.2) is 46.9 Å². The van der Waals surface area contributed by atoms with Crippen molar-refractivity contribution in [2.75, 3.05) is 6.61 Å². The van der Waals surface area contributed by atoms with E-state index in [-0.39, 0.29) is 24.5 Å². The Balaban J connectivity index is 1.71. The summed E-state index contributed by atoms with van der Waals surface area (Å²) in [7, 11) is 0. The summed E-state index contributed by atoms with van der Waals surface area (Å²) in [4.78, 5) is 28.0. The van der Waals surface area contributed by atoms with Gasteiger partial charge >= 0.3 is 0 Å². The van der Waals surface area contributed by atoms with E-state index in [9.17, 15) is 9.59 Å². The van der Waals surface area contributed by atoms with Crippen molar-refractivity contribution in [3.05, 3.63) is 63.6 Å². The van der Waals surface area contributed by atoms with Crippen molar-refractivity contribution < 1.29 is 14.3 Å². The summed E-state index contributed by atoms with van der Waals surface area (Å²) in [6.07, 6.45) is 5.53. The summed E-state index contributed by atoms with van der Waals surface area (Å²) in [6, 6.07) is 13.6. The smallest absolute Gasteiger partial charge is 0.261 e. The zero-order valence-corrected chi connectivity index (χ0v) is 22.4. The van der Waals surface area contributed by atoms with E-state index in [4.69, 9.17) is 4.74 Å². The molecule has 0 aliphatic heterocycles. The van der Waals surface area contributed by atoms with Crippen molar-refractivity contribution in [3.63, 3.8) is 0 Å². The number of hydrogen-bond donors (Lipinski definition) is 1. The van der Waals surface area contributed by atoms with Crippen molar-refractivity contribution in [2.45, 2.75) is 84.3 Å². The minimum Gasteiger partial charge on any atom is -0.483 e. The predicted octanol–water partition coefficient (Wildman–Crippen LogP) is 6.13. The maximum Gasteiger partial charge on any atom is 0.261 e. The van der Waals surface area contributed by atoms with Gasteiger partial charge in [-0.05, 0) is 71.8 Å². The summed E-state index contributed by atoms with van der Waals surface area (Å²) in [5.74, 6) is 0.703. The molecule has 2 aromatic carbocycles. The van der Waals surface area contributed by atoms with Crippen molar-refractivity contribution >= 4 is 27.7 Å². The molecule has 0 radical (unpaired) electrons. The van der Waals surface area contributed by atoms with Crippen LogP contribution in [0.5, 0.6) is 5.75 Å². The van der Waals surface area contributed by atoms with E-state index >= 15 is 0 Å². The van der Waals surface area contributed by atoms with Crippen molar-refractivity contribution in [1.29, 1.82) is 0 Å². The second kappa shape index (κ2) is 12.4. The molecule has 1 N–H and O–H groups in total. The Hall–Kier alpha value is -2.34. The predicted molar refractivity (Wildman–Crippen MR) is 140 cm³/mol. The fraction of sp³-hybridized carbons (Fsp3) is 0.500. The average Bonchev–Trinajstić information content (AvgIpc) is 2.82. The third-order valence-electron chi connectivity index (χ3n) is 6.57. The van der Waals surface area contributed by atoms with E-state index in [1.807, 2.05) is 49.4 Å². The lowest BCUT2D eigenvalue weighted by Gasteiger charge is -2.31. The molecule has 0 heterocycles. The SMILES string of the molecule is Cc1ccc(CN(C(=O)COc2ccc(C(C)C)cc2Br)[C@@H](C)C(=O)NC2CCCCC2)cc1. The van der Waals surface area contributed by atoms with Gasteiger partial charge in [0.25, 0.3) is 5.91 Å². The van der Waals surface area contributed by atoms with E-state index in [2.05, 4.69) is 35.1 Å². The van der Waals surface area contributed by atoms with E-state index in [0.717, 1.165) is 41.3 Å². The van der Waals surface area contributed by atoms with Crippen LogP contribution in [0.4, 0.5) is 0 Å². The van der Waals surface area contributed by atoms with Gasteiger partial charge in [0, 0.05) is 12.6 Å². The first-order valence-electron chi connectivity index (χ1n) is 12.3. The number of carbonyl (C=O) groups excluding carboxylic acids is 2. The van der Waals surface area contributed by atoms with Gasteiger partial charge in [-0.15, -0.1) is 0 Å². The van der Waals surface area contributed by atoms with Crippen LogP contribution in [-0.2, 0) is 16.1 Å². The lowest BCUT2D eigenvalue weighted by atomic mass is 9.95. The summed E-state index contributed by atoms with van der Waals surface area (Å²) in [5, 5.41) is 3.17. The summed E-state index contributed by atoms with van der Waals surface area (Å²) in [6.45, 7) is 8.32. The molecule has 184 valence electrons. The van der Waals surface area contributed by atoms with Crippen molar-refractivity contribution in [3.8, 4) is 5.75 Å². The van der Waals surface area contributed by atoms with Gasteiger partial charge < -0.3 is 15.0 Å². The van der Waals surface area contributed by atoms with Crippen LogP contribution < -0.4 is 10.1 Å². The quantitative estimate of drug-likeness (QED) is 0.426. The van der Waals surface area contributed by atoms with Crippen LogP contribution >= 0.6 is 15.9 Å². The number of nitrogens with one attached hydrogen (secondary N) is 1. The van der Waals surface area contributed by atoms with Crippen LogP contribution in [0, 0.1) is 6.92 Å². The summed E-state index contributed by atoms with van der Waals surface area (Å²) in [5.41, 5.74) is 3.33. The molecule has 0 aromatic heterocycles. The molecule has 2 amide bonds. The zero-order valence-electron chi connectivity index (χ0n) is 20.8. The van der Waals surface area contributed by atoms with Crippen LogP contribution in [0.3, 0.4) is 0 Å². The highest BCUT2D eigenvalue weighted by Crippen LogP contribution is 2.29. The Morgan fingerprint density at radius 2 is 1.74 bits per heavy atom. The number of nitrogens with zero attached hydrogens (tertiary/aromatic N) is 1. The number of hydrogen-bond acceptors (Lipinski definition) is 3. The molecule has 1 aliphatic carbocycles. The van der Waals surface area contributed by atoms with Gasteiger partial charge in [0.2, 0.25) is 5.91 Å². The average molecular weight is 530 g/mol. The maximum absolute atomic E-state index is 13.3. The number of halogens is 1. The molecule has 1 atom stereocenters. The summed E-state index contributed by atoms with van der Waals surface area (Å²) >= 11 is 3.56. The molecule has 1 aliphatic rings. The Labute approximate surface area is 212 Å². The molecular formula is C28H37BrN2O3. The second-order valence-corrected chi connectivity index (χ2v) is 10.5. The van der Waals surface area contributed by atoms with Gasteiger partial charge in [-0.2, -0.15) is 0 Å². The normalized spacial score (nSPS) is 15.1. The van der Waals surface area contributed by atoms with Crippen LogP contribution in [0.1, 0.15) is 75.5 Å². The zero-order chi connectivity index (χ0) is 24.7. The Bertz CT molecular complexity index is 968. The molecule has 5 nitrogen and oxygen atoms in total. The van der Waals surface area contributed by atoms with Gasteiger partial charge in [0.15, 0.2) is 6.61 Å². The van der Waals surface area contributed by atoms with Gasteiger partial charge in [-0.1, -0.05) is 69.0 Å². The van der Waals surface area contributed by atoms with E-state index < -0.39 is 6.04 Å². The molecular weight excluding hydrogens is 492 g/mol. The first kappa shape index (κ1) is 26.3. The Morgan fingerprint density at radius 1 is 1.06 bits per heavy atom. The highest BCUT2D eigenvalue weighted by atomic mass is 79.9. The summed E-state index contributed by atoms with van der Waals surface area (Å²) < 4.78 is 6.70. The number of aryl methyl sites for hydroxylation is 1. The first-order valence-corrected chi connectivity index (χ1v) is 13.1. The van der Waals surface area contributed by atoms with Gasteiger partial charge in [0.05, 0.1) is 4.47 Å². The Morgan fingerprint density at radius 3 is 2.35 bits per heavy atom. The van der Waals surface area contributed by atoms with E-state index in [0.29, 0.717) is 18.2 Å². The minimum absolute atomic E-state index is 0.102. The molecule has 2 aromatic rings. The third-order valence-corrected chi connectivity index (χ3v) is 7.19. The largest absolute Gasteiger partial charge is 0.483 e. The standard InChI is InChI=1S/C28H37BrN2O3/c1-19(2)23-14-15-26(25(29)16-23)34-18-27(32)31(17-22-12-10-20(3)11-13-22)21(4)28(33)30-24-8-6-5-7-9-24/h10-16,19,21,24H,5-9,17-18H2,1-4H3,(H,30,33)/t21-/m0/s1. The second-order valence-electron chi connectivity index (χ2n) is 9.66. The maximum atomic E-state index is 13.3. The number of rotatable bonds is 9. The first-order chi connectivity index (χ1) is 16.2. The van der Waals surface area contributed by atoms with Crippen molar-refractivity contribution in [2.24, 2.45) is 0 Å².